The molecule has 11 heavy (non-hydrogen) atoms. The van der Waals surface area contributed by atoms with E-state index in [1.807, 2.05) is 0 Å². The van der Waals surface area contributed by atoms with E-state index in [4.69, 9.17) is 11.5 Å². The first-order valence-corrected chi connectivity index (χ1v) is 5.26. The van der Waals surface area contributed by atoms with Gasteiger partial charge in [-0.1, -0.05) is 48.0 Å². The van der Waals surface area contributed by atoms with Gasteiger partial charge in [0, 0.05) is 11.5 Å². The van der Waals surface area contributed by atoms with Crippen LogP contribution >= 0.6 is 48.0 Å². The van der Waals surface area contributed by atoms with Crippen molar-refractivity contribution < 1.29 is 51.4 Å². The van der Waals surface area contributed by atoms with Gasteiger partial charge in [-0.2, -0.15) is 0 Å². The summed E-state index contributed by atoms with van der Waals surface area (Å²) in [6.07, 6.45) is 0. The molecule has 0 amide bonds. The Balaban J connectivity index is 0. The molecule has 0 unspecified atom stereocenters. The molecule has 0 atom stereocenters. The summed E-state index contributed by atoms with van der Waals surface area (Å²) in [5, 5.41) is 0. The second kappa shape index (κ2) is 10.2. The number of thiocarbonyl (C=S) groups is 2. The average Bonchev–Trinajstić information content (AvgIpc) is 1.79. The van der Waals surface area contributed by atoms with Crippen LogP contribution in [0.5, 0.6) is 0 Å². The standard InChI is InChI=1S/C4H8N2S4.K/c5-3(7)9-1-2-10-4(6)8;/h1-2H2,(H2,5,7)(H2,6,8);/q;+1. The summed E-state index contributed by atoms with van der Waals surface area (Å²) in [5.41, 5.74) is 10.5. The van der Waals surface area contributed by atoms with Gasteiger partial charge in [0.15, 0.2) is 0 Å². The molecule has 0 aliphatic rings. The van der Waals surface area contributed by atoms with Crippen molar-refractivity contribution >= 4 is 56.6 Å². The van der Waals surface area contributed by atoms with Crippen molar-refractivity contribution in [3.05, 3.63) is 0 Å². The van der Waals surface area contributed by atoms with Crippen LogP contribution < -0.4 is 62.9 Å². The fraction of sp³-hybridized carbons (Fsp3) is 0.500. The van der Waals surface area contributed by atoms with Crippen LogP contribution in [0.25, 0.3) is 0 Å². The SMILES string of the molecule is NC(=S)SCCSC(N)=S.[K+]. The largest absolute Gasteiger partial charge is 1.00 e. The Hall–Kier alpha value is 2.12. The molecule has 2 nitrogen and oxygen atoms in total. The summed E-state index contributed by atoms with van der Waals surface area (Å²) >= 11 is 12.2. The summed E-state index contributed by atoms with van der Waals surface area (Å²) in [7, 11) is 0. The average molecular weight is 251 g/mol. The van der Waals surface area contributed by atoms with E-state index in [0.717, 1.165) is 11.5 Å². The third-order valence-corrected chi connectivity index (χ3v) is 2.92. The fourth-order valence-corrected chi connectivity index (χ4v) is 1.85. The van der Waals surface area contributed by atoms with Gasteiger partial charge in [0.25, 0.3) is 0 Å². The van der Waals surface area contributed by atoms with Gasteiger partial charge in [0.05, 0.1) is 0 Å². The van der Waals surface area contributed by atoms with E-state index < -0.39 is 0 Å². The van der Waals surface area contributed by atoms with Crippen molar-refractivity contribution in [3.63, 3.8) is 0 Å². The molecule has 58 valence electrons. The monoisotopic (exact) mass is 251 g/mol. The molecule has 0 aromatic heterocycles. The van der Waals surface area contributed by atoms with Gasteiger partial charge in [-0.15, -0.1) is 0 Å². The van der Waals surface area contributed by atoms with E-state index in [1.165, 1.54) is 23.5 Å². The Kier molecular flexibility index (Phi) is 14.4. The van der Waals surface area contributed by atoms with Gasteiger partial charge in [-0.3, -0.25) is 0 Å². The third kappa shape index (κ3) is 14.9. The van der Waals surface area contributed by atoms with E-state index in [1.54, 1.807) is 0 Å². The number of hydrogen-bond acceptors (Lipinski definition) is 4. The topological polar surface area (TPSA) is 52.0 Å². The molecule has 0 saturated heterocycles. The Morgan fingerprint density at radius 1 is 1.00 bits per heavy atom. The van der Waals surface area contributed by atoms with Crippen molar-refractivity contribution in [1.29, 1.82) is 0 Å². The van der Waals surface area contributed by atoms with Crippen molar-refractivity contribution in [3.8, 4) is 0 Å². The van der Waals surface area contributed by atoms with Gasteiger partial charge >= 0.3 is 51.4 Å². The number of hydrogen-bond donors (Lipinski definition) is 2. The maximum absolute atomic E-state index is 5.23. The van der Waals surface area contributed by atoms with Crippen LogP contribution in [-0.2, 0) is 0 Å². The zero-order valence-electron chi connectivity index (χ0n) is 6.20. The van der Waals surface area contributed by atoms with Crippen molar-refractivity contribution in [2.75, 3.05) is 11.5 Å². The van der Waals surface area contributed by atoms with Crippen molar-refractivity contribution in [2.45, 2.75) is 0 Å². The van der Waals surface area contributed by atoms with Gasteiger partial charge in [0.2, 0.25) is 0 Å². The second-order valence-electron chi connectivity index (χ2n) is 1.33. The van der Waals surface area contributed by atoms with Crippen LogP contribution in [-0.4, -0.2) is 20.1 Å². The predicted molar refractivity (Wildman–Crippen MR) is 58.5 cm³/mol. The van der Waals surface area contributed by atoms with Crippen LogP contribution in [0.15, 0.2) is 0 Å². The number of rotatable bonds is 3. The number of nitrogens with two attached hydrogens (primary N) is 2. The van der Waals surface area contributed by atoms with E-state index in [2.05, 4.69) is 24.4 Å². The van der Waals surface area contributed by atoms with Gasteiger partial charge < -0.3 is 11.5 Å². The Bertz CT molecular complexity index is 124. The summed E-state index contributed by atoms with van der Waals surface area (Å²) in [4.78, 5) is 0. The molecule has 0 aliphatic heterocycles. The third-order valence-electron chi connectivity index (χ3n) is 0.572. The Morgan fingerprint density at radius 2 is 1.27 bits per heavy atom. The Morgan fingerprint density at radius 3 is 1.45 bits per heavy atom. The minimum absolute atomic E-state index is 0. The number of thioether (sulfide) groups is 2. The van der Waals surface area contributed by atoms with Crippen LogP contribution in [0.4, 0.5) is 0 Å². The van der Waals surface area contributed by atoms with Crippen LogP contribution in [0.1, 0.15) is 0 Å². The molecule has 0 radical (unpaired) electrons. The molecular weight excluding hydrogens is 243 g/mol. The first-order chi connectivity index (χ1) is 4.63. The summed E-state index contributed by atoms with van der Waals surface area (Å²) < 4.78 is 0.951. The molecule has 0 saturated carbocycles. The smallest absolute Gasteiger partial charge is 0.385 e. The molecule has 0 fully saturated rings. The van der Waals surface area contributed by atoms with Crippen LogP contribution in [0.2, 0.25) is 0 Å². The van der Waals surface area contributed by atoms with Crippen molar-refractivity contribution in [2.24, 2.45) is 11.5 Å². The van der Waals surface area contributed by atoms with Crippen LogP contribution in [0, 0.1) is 0 Å². The summed E-state index contributed by atoms with van der Waals surface area (Å²) in [6, 6.07) is 0. The molecule has 7 heteroatoms. The van der Waals surface area contributed by atoms with Gasteiger partial charge in [-0.25, -0.2) is 0 Å². The zero-order valence-corrected chi connectivity index (χ0v) is 12.6. The van der Waals surface area contributed by atoms with E-state index in [9.17, 15) is 0 Å². The predicted octanol–water partition coefficient (Wildman–Crippen LogP) is -2.06. The molecule has 0 bridgehead atoms. The van der Waals surface area contributed by atoms with E-state index in [0.29, 0.717) is 8.64 Å². The normalized spacial score (nSPS) is 8.36. The molecule has 0 spiro atoms. The maximum Gasteiger partial charge on any atom is 1.00 e. The Labute approximate surface area is 128 Å². The quantitative estimate of drug-likeness (QED) is 0.342. The van der Waals surface area contributed by atoms with Crippen LogP contribution in [0.3, 0.4) is 0 Å². The molecule has 4 N–H and O–H groups in total. The molecule has 0 aromatic carbocycles. The fourth-order valence-electron chi connectivity index (χ4n) is 0.285. The molecular formula is C4H8KN2S4+. The zero-order chi connectivity index (χ0) is 7.98. The minimum atomic E-state index is 0. The van der Waals surface area contributed by atoms with E-state index in [-0.39, 0.29) is 51.4 Å². The van der Waals surface area contributed by atoms with E-state index >= 15 is 0 Å². The first kappa shape index (κ1) is 15.6. The van der Waals surface area contributed by atoms with Crippen molar-refractivity contribution in [1.82, 2.24) is 0 Å². The second-order valence-corrected chi connectivity index (χ2v) is 5.00. The first-order valence-electron chi connectivity index (χ1n) is 2.47. The van der Waals surface area contributed by atoms with Gasteiger partial charge in [-0.05, 0) is 0 Å². The minimum Gasteiger partial charge on any atom is -0.385 e. The molecule has 0 aliphatic carbocycles. The van der Waals surface area contributed by atoms with Gasteiger partial charge in [0.1, 0.15) is 8.64 Å². The molecule has 0 heterocycles. The molecule has 0 aromatic rings. The summed E-state index contributed by atoms with van der Waals surface area (Å²) in [5.74, 6) is 1.74. The maximum atomic E-state index is 5.23. The molecule has 0 rings (SSSR count). The summed E-state index contributed by atoms with van der Waals surface area (Å²) in [6.45, 7) is 0.